The van der Waals surface area contributed by atoms with Crippen LogP contribution in [0.5, 0.6) is 0 Å². The lowest BCUT2D eigenvalue weighted by molar-refractivity contribution is -0.139. The topological polar surface area (TPSA) is 103 Å². The summed E-state index contributed by atoms with van der Waals surface area (Å²) in [6.07, 6.45) is 7.91. The zero-order chi connectivity index (χ0) is 22.3. The van der Waals surface area contributed by atoms with Crippen LogP contribution in [0.15, 0.2) is 52.0 Å². The SMILES string of the molecule is COC(=O)c1ccoc1COC(=O)/C=C/c1ccc(S(=O)(=O)N2CCCCCC2)cc1. The Morgan fingerprint density at radius 3 is 2.39 bits per heavy atom. The fourth-order valence-corrected chi connectivity index (χ4v) is 4.79. The van der Waals surface area contributed by atoms with Gasteiger partial charge < -0.3 is 13.9 Å². The van der Waals surface area contributed by atoms with Gasteiger partial charge in [0.15, 0.2) is 12.4 Å². The third-order valence-corrected chi connectivity index (χ3v) is 6.90. The summed E-state index contributed by atoms with van der Waals surface area (Å²) in [6, 6.07) is 7.78. The van der Waals surface area contributed by atoms with Gasteiger partial charge in [0.25, 0.3) is 0 Å². The second-order valence-electron chi connectivity index (χ2n) is 7.08. The number of hydrogen-bond donors (Lipinski definition) is 0. The second kappa shape index (κ2) is 10.4. The molecule has 2 heterocycles. The minimum Gasteiger partial charge on any atom is -0.465 e. The molecule has 0 amide bonds. The summed E-state index contributed by atoms with van der Waals surface area (Å²) in [4.78, 5) is 23.8. The first-order valence-electron chi connectivity index (χ1n) is 10.0. The summed E-state index contributed by atoms with van der Waals surface area (Å²) in [6.45, 7) is 0.875. The van der Waals surface area contributed by atoms with Crippen LogP contribution >= 0.6 is 0 Å². The lowest BCUT2D eigenvalue weighted by atomic mass is 10.2. The molecular weight excluding hydrogens is 422 g/mol. The van der Waals surface area contributed by atoms with E-state index in [-0.39, 0.29) is 22.8 Å². The number of rotatable bonds is 7. The van der Waals surface area contributed by atoms with Crippen LogP contribution in [-0.2, 0) is 30.9 Å². The Morgan fingerprint density at radius 1 is 1.06 bits per heavy atom. The van der Waals surface area contributed by atoms with Crippen LogP contribution in [0.25, 0.3) is 6.08 Å². The van der Waals surface area contributed by atoms with E-state index in [9.17, 15) is 18.0 Å². The molecule has 0 spiro atoms. The summed E-state index contributed by atoms with van der Waals surface area (Å²) in [5, 5.41) is 0. The lowest BCUT2D eigenvalue weighted by Crippen LogP contribution is -2.31. The first kappa shape index (κ1) is 22.8. The Bertz CT molecular complexity index is 1030. The Hall–Kier alpha value is -2.91. The molecule has 1 fully saturated rings. The number of carbonyl (C=O) groups excluding carboxylic acids is 2. The Labute approximate surface area is 181 Å². The standard InChI is InChI=1S/C22H25NO7S/c1-28-22(25)19-12-15-29-20(19)16-30-21(24)11-8-17-6-9-18(10-7-17)31(26,27)23-13-4-2-3-5-14-23/h6-12,15H,2-5,13-14,16H2,1H3/b11-8+. The molecule has 0 saturated carbocycles. The van der Waals surface area contributed by atoms with Gasteiger partial charge in [-0.1, -0.05) is 25.0 Å². The minimum absolute atomic E-state index is 0.191. The molecule has 9 heteroatoms. The van der Waals surface area contributed by atoms with Crippen LogP contribution < -0.4 is 0 Å². The average molecular weight is 448 g/mol. The highest BCUT2D eigenvalue weighted by Crippen LogP contribution is 2.21. The van der Waals surface area contributed by atoms with E-state index in [4.69, 9.17) is 9.15 Å². The van der Waals surface area contributed by atoms with E-state index in [1.54, 1.807) is 16.4 Å². The number of furan rings is 1. The molecular formula is C22H25NO7S. The molecule has 3 rings (SSSR count). The van der Waals surface area contributed by atoms with Crippen molar-refractivity contribution in [3.05, 3.63) is 59.6 Å². The van der Waals surface area contributed by atoms with Gasteiger partial charge in [-0.05, 0) is 42.7 Å². The molecule has 0 N–H and O–H groups in total. The molecule has 166 valence electrons. The van der Waals surface area contributed by atoms with Crippen molar-refractivity contribution in [3.8, 4) is 0 Å². The van der Waals surface area contributed by atoms with Gasteiger partial charge in [-0.25, -0.2) is 18.0 Å². The maximum absolute atomic E-state index is 12.8. The van der Waals surface area contributed by atoms with E-state index >= 15 is 0 Å². The van der Waals surface area contributed by atoms with Crippen molar-refractivity contribution in [2.75, 3.05) is 20.2 Å². The molecule has 1 aliphatic rings. The van der Waals surface area contributed by atoms with E-state index < -0.39 is 22.0 Å². The van der Waals surface area contributed by atoms with Crippen molar-refractivity contribution in [1.29, 1.82) is 0 Å². The minimum atomic E-state index is -3.51. The summed E-state index contributed by atoms with van der Waals surface area (Å²) < 4.78 is 42.0. The van der Waals surface area contributed by atoms with E-state index in [0.717, 1.165) is 25.7 Å². The van der Waals surface area contributed by atoms with Crippen molar-refractivity contribution in [2.45, 2.75) is 37.2 Å². The number of hydrogen-bond acceptors (Lipinski definition) is 7. The van der Waals surface area contributed by atoms with Crippen molar-refractivity contribution in [2.24, 2.45) is 0 Å². The summed E-state index contributed by atoms with van der Waals surface area (Å²) >= 11 is 0. The van der Waals surface area contributed by atoms with Crippen molar-refractivity contribution in [3.63, 3.8) is 0 Å². The molecule has 0 bridgehead atoms. The van der Waals surface area contributed by atoms with Crippen LogP contribution in [0.4, 0.5) is 0 Å². The maximum atomic E-state index is 12.8. The van der Waals surface area contributed by atoms with Crippen LogP contribution in [0.2, 0.25) is 0 Å². The van der Waals surface area contributed by atoms with E-state index in [2.05, 4.69) is 4.74 Å². The zero-order valence-electron chi connectivity index (χ0n) is 17.3. The first-order valence-corrected chi connectivity index (χ1v) is 11.5. The summed E-state index contributed by atoms with van der Waals surface area (Å²) in [5.41, 5.74) is 0.848. The quantitative estimate of drug-likeness (QED) is 0.473. The van der Waals surface area contributed by atoms with Crippen LogP contribution in [0, 0.1) is 0 Å². The fraction of sp³-hybridized carbons (Fsp3) is 0.364. The number of ether oxygens (including phenoxy) is 2. The molecule has 1 aromatic heterocycles. The number of carbonyl (C=O) groups is 2. The van der Waals surface area contributed by atoms with Gasteiger partial charge in [-0.15, -0.1) is 0 Å². The van der Waals surface area contributed by atoms with E-state index in [0.29, 0.717) is 18.7 Å². The van der Waals surface area contributed by atoms with Crippen molar-refractivity contribution >= 4 is 28.0 Å². The fourth-order valence-electron chi connectivity index (χ4n) is 3.28. The molecule has 0 radical (unpaired) electrons. The second-order valence-corrected chi connectivity index (χ2v) is 9.02. The molecule has 0 atom stereocenters. The monoisotopic (exact) mass is 447 g/mol. The third kappa shape index (κ3) is 5.83. The summed E-state index contributed by atoms with van der Waals surface area (Å²) in [7, 11) is -2.26. The zero-order valence-corrected chi connectivity index (χ0v) is 18.1. The highest BCUT2D eigenvalue weighted by Gasteiger charge is 2.24. The predicted octanol–water partition coefficient (Wildman–Crippen LogP) is 3.39. The number of methoxy groups -OCH3 is 1. The molecule has 2 aromatic rings. The third-order valence-electron chi connectivity index (χ3n) is 4.99. The Balaban J connectivity index is 1.58. The number of benzene rings is 1. The van der Waals surface area contributed by atoms with Crippen molar-refractivity contribution < 1.29 is 31.9 Å². The van der Waals surface area contributed by atoms with Gasteiger partial charge in [0.2, 0.25) is 10.0 Å². The van der Waals surface area contributed by atoms with Gasteiger partial charge in [0.05, 0.1) is 18.3 Å². The molecule has 0 aliphatic carbocycles. The number of nitrogens with zero attached hydrogens (tertiary/aromatic N) is 1. The number of sulfonamides is 1. The van der Waals surface area contributed by atoms with E-state index in [1.807, 2.05) is 0 Å². The van der Waals surface area contributed by atoms with Gasteiger partial charge >= 0.3 is 11.9 Å². The van der Waals surface area contributed by atoms with Crippen molar-refractivity contribution in [1.82, 2.24) is 4.31 Å². The Morgan fingerprint density at radius 2 is 1.74 bits per heavy atom. The first-order chi connectivity index (χ1) is 14.9. The van der Waals surface area contributed by atoms with Gasteiger partial charge in [-0.2, -0.15) is 4.31 Å². The highest BCUT2D eigenvalue weighted by molar-refractivity contribution is 7.89. The Kier molecular flexibility index (Phi) is 7.64. The molecule has 0 unspecified atom stereocenters. The largest absolute Gasteiger partial charge is 0.465 e. The normalized spacial score (nSPS) is 15.5. The maximum Gasteiger partial charge on any atom is 0.341 e. The molecule has 1 saturated heterocycles. The van der Waals surface area contributed by atoms with Crippen LogP contribution in [0.1, 0.15) is 47.4 Å². The van der Waals surface area contributed by atoms with Crippen LogP contribution in [0.3, 0.4) is 0 Å². The van der Waals surface area contributed by atoms with Crippen LogP contribution in [-0.4, -0.2) is 44.9 Å². The average Bonchev–Trinajstić information content (AvgIpc) is 3.07. The van der Waals surface area contributed by atoms with E-state index in [1.165, 1.54) is 43.7 Å². The summed E-state index contributed by atoms with van der Waals surface area (Å²) in [5.74, 6) is -1.02. The number of esters is 2. The smallest absolute Gasteiger partial charge is 0.341 e. The molecule has 1 aromatic carbocycles. The lowest BCUT2D eigenvalue weighted by Gasteiger charge is -2.19. The van der Waals surface area contributed by atoms with Gasteiger partial charge in [0.1, 0.15) is 5.56 Å². The van der Waals surface area contributed by atoms with Gasteiger partial charge in [-0.3, -0.25) is 0 Å². The molecule has 8 nitrogen and oxygen atoms in total. The van der Waals surface area contributed by atoms with Gasteiger partial charge in [0, 0.05) is 19.2 Å². The highest BCUT2D eigenvalue weighted by atomic mass is 32.2. The molecule has 31 heavy (non-hydrogen) atoms. The molecule has 1 aliphatic heterocycles. The predicted molar refractivity (Wildman–Crippen MR) is 113 cm³/mol.